The number of fused-ring (bicyclic) bond motifs is 7. The second kappa shape index (κ2) is 9.93. The van der Waals surface area contributed by atoms with Crippen LogP contribution in [0.1, 0.15) is 117 Å². The van der Waals surface area contributed by atoms with Gasteiger partial charge in [-0.25, -0.2) is 4.79 Å². The van der Waals surface area contributed by atoms with Gasteiger partial charge in [-0.2, -0.15) is 0 Å². The van der Waals surface area contributed by atoms with E-state index in [2.05, 4.69) is 54.5 Å². The number of allylic oxidation sites excluding steroid dienone is 2. The summed E-state index contributed by atoms with van der Waals surface area (Å²) >= 11 is 0. The van der Waals surface area contributed by atoms with Crippen LogP contribution in [0.2, 0.25) is 0 Å². The third kappa shape index (κ3) is 4.18. The number of benzene rings is 1. The van der Waals surface area contributed by atoms with Crippen LogP contribution in [0.4, 0.5) is 0 Å². The fourth-order valence-corrected chi connectivity index (χ4v) is 11.7. The quantitative estimate of drug-likeness (QED) is 0.284. The van der Waals surface area contributed by atoms with E-state index in [1.54, 1.807) is 19.2 Å². The van der Waals surface area contributed by atoms with E-state index in [1.807, 2.05) is 18.2 Å². The molecule has 1 aromatic carbocycles. The maximum absolute atomic E-state index is 13.5. The SMILES string of the molecule is COC(=O)[C@]12CCC(C)(C)CC1C1=CCC3[C@]4(C)C(CC[C@@]3(C)[C@]1(C)CC2)C(C)(C)[C@@H](OC(=O)c1ccccc1)C[C@H]4O. The Balaban J connectivity index is 1.36. The number of carbonyl (C=O) groups is 2. The van der Waals surface area contributed by atoms with E-state index >= 15 is 0 Å². The van der Waals surface area contributed by atoms with Gasteiger partial charge in [0, 0.05) is 17.3 Å². The van der Waals surface area contributed by atoms with Crippen LogP contribution < -0.4 is 0 Å². The van der Waals surface area contributed by atoms with E-state index in [0.29, 0.717) is 17.9 Å². The first-order valence-corrected chi connectivity index (χ1v) is 16.8. The molecule has 0 saturated heterocycles. The van der Waals surface area contributed by atoms with Crippen molar-refractivity contribution < 1.29 is 24.2 Å². The highest BCUT2D eigenvalue weighted by Crippen LogP contribution is 2.76. The van der Waals surface area contributed by atoms with Crippen LogP contribution in [-0.4, -0.2) is 36.4 Å². The average molecular weight is 591 g/mol. The lowest BCUT2D eigenvalue weighted by atomic mass is 9.33. The van der Waals surface area contributed by atoms with Gasteiger partial charge in [0.2, 0.25) is 0 Å². The molecule has 0 spiro atoms. The van der Waals surface area contributed by atoms with Crippen LogP contribution >= 0.6 is 0 Å². The molecule has 5 nitrogen and oxygen atoms in total. The van der Waals surface area contributed by atoms with Gasteiger partial charge in [0.05, 0.1) is 24.2 Å². The first-order valence-electron chi connectivity index (χ1n) is 16.8. The second-order valence-corrected chi connectivity index (χ2v) is 17.1. The topological polar surface area (TPSA) is 72.8 Å². The fourth-order valence-electron chi connectivity index (χ4n) is 11.7. The number of hydrogen-bond donors (Lipinski definition) is 1. The molecular formula is C38H54O5. The first kappa shape index (κ1) is 30.9. The van der Waals surface area contributed by atoms with Gasteiger partial charge in [0.15, 0.2) is 0 Å². The minimum atomic E-state index is -0.561. The molecule has 0 aromatic heterocycles. The monoisotopic (exact) mass is 590 g/mol. The van der Waals surface area contributed by atoms with Crippen molar-refractivity contribution in [2.45, 2.75) is 118 Å². The Morgan fingerprint density at radius 2 is 1.56 bits per heavy atom. The zero-order chi connectivity index (χ0) is 31.2. The first-order chi connectivity index (χ1) is 20.1. The average Bonchev–Trinajstić information content (AvgIpc) is 2.96. The zero-order valence-corrected chi connectivity index (χ0v) is 27.8. The molecule has 5 aliphatic rings. The van der Waals surface area contributed by atoms with Crippen LogP contribution in [0.3, 0.4) is 0 Å². The Morgan fingerprint density at radius 3 is 2.23 bits per heavy atom. The van der Waals surface area contributed by atoms with Crippen LogP contribution in [-0.2, 0) is 14.3 Å². The van der Waals surface area contributed by atoms with Crippen molar-refractivity contribution in [3.05, 3.63) is 47.5 Å². The number of esters is 2. The smallest absolute Gasteiger partial charge is 0.338 e. The van der Waals surface area contributed by atoms with Gasteiger partial charge in [0.25, 0.3) is 0 Å². The van der Waals surface area contributed by atoms with Gasteiger partial charge in [-0.05, 0) is 97.5 Å². The number of aliphatic hydroxyl groups excluding tert-OH is 1. The van der Waals surface area contributed by atoms with Gasteiger partial charge >= 0.3 is 11.9 Å². The maximum Gasteiger partial charge on any atom is 0.338 e. The zero-order valence-electron chi connectivity index (χ0n) is 27.8. The minimum Gasteiger partial charge on any atom is -0.469 e. The summed E-state index contributed by atoms with van der Waals surface area (Å²) in [6, 6.07) is 9.21. The van der Waals surface area contributed by atoms with Gasteiger partial charge in [-0.3, -0.25) is 4.79 Å². The van der Waals surface area contributed by atoms with Crippen molar-refractivity contribution in [2.75, 3.05) is 7.11 Å². The summed E-state index contributed by atoms with van der Waals surface area (Å²) in [6.07, 6.45) is 9.90. The summed E-state index contributed by atoms with van der Waals surface area (Å²) in [6.45, 7) is 16.6. The van der Waals surface area contributed by atoms with E-state index in [9.17, 15) is 14.7 Å². The van der Waals surface area contributed by atoms with E-state index < -0.39 is 11.5 Å². The maximum atomic E-state index is 13.5. The number of rotatable bonds is 3. The lowest BCUT2D eigenvalue weighted by Crippen LogP contribution is -2.68. The van der Waals surface area contributed by atoms with E-state index in [1.165, 1.54) is 5.57 Å². The molecule has 0 radical (unpaired) electrons. The molecule has 3 unspecified atom stereocenters. The number of methoxy groups -OCH3 is 1. The third-order valence-corrected chi connectivity index (χ3v) is 14.5. The van der Waals surface area contributed by atoms with Crippen molar-refractivity contribution in [1.29, 1.82) is 0 Å². The minimum absolute atomic E-state index is 0.00316. The van der Waals surface area contributed by atoms with Gasteiger partial charge in [-0.15, -0.1) is 0 Å². The lowest BCUT2D eigenvalue weighted by molar-refractivity contribution is -0.243. The summed E-state index contributed by atoms with van der Waals surface area (Å²) in [7, 11) is 1.56. The largest absolute Gasteiger partial charge is 0.469 e. The molecule has 5 aliphatic carbocycles. The summed E-state index contributed by atoms with van der Waals surface area (Å²) in [5.41, 5.74) is 1.21. The number of hydrogen-bond acceptors (Lipinski definition) is 5. The Labute approximate surface area is 259 Å². The molecule has 6 rings (SSSR count). The fraction of sp³-hybridized carbons (Fsp3) is 0.737. The van der Waals surface area contributed by atoms with Crippen molar-refractivity contribution in [3.63, 3.8) is 0 Å². The summed E-state index contributed by atoms with van der Waals surface area (Å²) in [5, 5.41) is 12.1. The van der Waals surface area contributed by atoms with Crippen molar-refractivity contribution in [3.8, 4) is 0 Å². The third-order valence-electron chi connectivity index (χ3n) is 14.5. The highest BCUT2D eigenvalue weighted by molar-refractivity contribution is 5.89. The van der Waals surface area contributed by atoms with Crippen molar-refractivity contribution >= 4 is 11.9 Å². The molecule has 236 valence electrons. The lowest BCUT2D eigenvalue weighted by Gasteiger charge is -2.72. The normalized spacial score (nSPS) is 44.4. The van der Waals surface area contributed by atoms with E-state index in [-0.39, 0.29) is 57.0 Å². The summed E-state index contributed by atoms with van der Waals surface area (Å²) in [4.78, 5) is 26.6. The van der Waals surface area contributed by atoms with Gasteiger partial charge in [0.1, 0.15) is 6.10 Å². The highest BCUT2D eigenvalue weighted by atomic mass is 16.5. The predicted molar refractivity (Wildman–Crippen MR) is 168 cm³/mol. The van der Waals surface area contributed by atoms with Crippen LogP contribution in [0.5, 0.6) is 0 Å². The van der Waals surface area contributed by atoms with E-state index in [0.717, 1.165) is 51.4 Å². The molecule has 0 heterocycles. The van der Waals surface area contributed by atoms with Crippen LogP contribution in [0.15, 0.2) is 42.0 Å². The summed E-state index contributed by atoms with van der Waals surface area (Å²) < 4.78 is 11.7. The molecule has 4 saturated carbocycles. The van der Waals surface area contributed by atoms with E-state index in [4.69, 9.17) is 9.47 Å². The number of carbonyl (C=O) groups excluding carboxylic acids is 2. The molecule has 9 atom stereocenters. The molecule has 1 N–H and O–H groups in total. The van der Waals surface area contributed by atoms with Gasteiger partial charge in [-0.1, -0.05) is 78.3 Å². The standard InChI is InChI=1S/C38H54O5/c1-33(2)18-20-38(32(41)42-8)21-19-35(5)25(26(38)23-33)14-15-28-36(35,6)17-16-27-34(3,4)30(22-29(39)37(27,28)7)43-31(40)24-12-10-9-11-13-24/h9-14,26-30,39H,15-23H2,1-8H3/t26?,27?,28?,29-,30+,35-,36-,37+,38+/m1/s1. The van der Waals surface area contributed by atoms with Crippen molar-refractivity contribution in [1.82, 2.24) is 0 Å². The number of aliphatic hydroxyl groups is 1. The summed E-state index contributed by atoms with van der Waals surface area (Å²) in [5.74, 6) is 0.411. The number of ether oxygens (including phenoxy) is 2. The van der Waals surface area contributed by atoms with Crippen LogP contribution in [0, 0.1) is 50.2 Å². The highest BCUT2D eigenvalue weighted by Gasteiger charge is 2.71. The molecular weight excluding hydrogens is 536 g/mol. The molecule has 0 amide bonds. The molecule has 0 aliphatic heterocycles. The molecule has 4 fully saturated rings. The Hall–Kier alpha value is -2.14. The Kier molecular flexibility index (Phi) is 7.13. The second-order valence-electron chi connectivity index (χ2n) is 17.1. The van der Waals surface area contributed by atoms with Gasteiger partial charge < -0.3 is 14.6 Å². The Bertz CT molecular complexity index is 1310. The van der Waals surface area contributed by atoms with Crippen LogP contribution in [0.25, 0.3) is 0 Å². The molecule has 1 aromatic rings. The molecule has 0 bridgehead atoms. The molecule has 43 heavy (non-hydrogen) atoms. The Morgan fingerprint density at radius 1 is 0.884 bits per heavy atom. The van der Waals surface area contributed by atoms with Crippen molar-refractivity contribution in [2.24, 2.45) is 50.2 Å². The predicted octanol–water partition coefficient (Wildman–Crippen LogP) is 8.16. The molecule has 5 heteroatoms.